The van der Waals surface area contributed by atoms with Crippen LogP contribution in [0.25, 0.3) is 10.9 Å². The molecule has 0 radical (unpaired) electrons. The SMILES string of the molecule is CC[C@H](C)N1CC(=O)N2[C@H](c3cccc([N+](=O)[O-])c3)c3[nH]c4ccccc4c3C[C@H]2C1=O. The summed E-state index contributed by atoms with van der Waals surface area (Å²) in [6.07, 6.45) is 1.18. The maximum Gasteiger partial charge on any atom is 0.269 e. The van der Waals surface area contributed by atoms with Crippen LogP contribution in [-0.2, 0) is 16.0 Å². The molecule has 0 aliphatic carbocycles. The van der Waals surface area contributed by atoms with Crippen molar-refractivity contribution in [1.82, 2.24) is 14.8 Å². The Kier molecular flexibility index (Phi) is 4.73. The molecular weight excluding hydrogens is 408 g/mol. The number of H-pyrrole nitrogens is 1. The van der Waals surface area contributed by atoms with E-state index in [9.17, 15) is 19.7 Å². The van der Waals surface area contributed by atoms with Crippen LogP contribution in [0.1, 0.15) is 43.1 Å². The van der Waals surface area contributed by atoms with Gasteiger partial charge in [-0.2, -0.15) is 0 Å². The number of nitro groups is 1. The van der Waals surface area contributed by atoms with Crippen molar-refractivity contribution < 1.29 is 14.5 Å². The molecule has 2 aliphatic heterocycles. The number of para-hydroxylation sites is 1. The Hall–Kier alpha value is -3.68. The molecule has 0 spiro atoms. The van der Waals surface area contributed by atoms with Gasteiger partial charge in [-0.15, -0.1) is 0 Å². The van der Waals surface area contributed by atoms with Crippen molar-refractivity contribution in [3.8, 4) is 0 Å². The number of nitrogens with one attached hydrogen (secondary N) is 1. The normalized spacial score (nSPS) is 21.4. The molecule has 0 saturated carbocycles. The summed E-state index contributed by atoms with van der Waals surface area (Å²) in [7, 11) is 0. The molecule has 2 aliphatic rings. The quantitative estimate of drug-likeness (QED) is 0.503. The van der Waals surface area contributed by atoms with Gasteiger partial charge in [0.15, 0.2) is 0 Å². The van der Waals surface area contributed by atoms with Crippen LogP contribution in [0.5, 0.6) is 0 Å². The van der Waals surface area contributed by atoms with Gasteiger partial charge in [0.1, 0.15) is 12.6 Å². The van der Waals surface area contributed by atoms with E-state index in [2.05, 4.69) is 4.98 Å². The van der Waals surface area contributed by atoms with Gasteiger partial charge < -0.3 is 14.8 Å². The molecule has 3 aromatic rings. The zero-order chi connectivity index (χ0) is 22.6. The third-order valence-corrected chi connectivity index (χ3v) is 6.81. The van der Waals surface area contributed by atoms with Crippen molar-refractivity contribution in [1.29, 1.82) is 0 Å². The summed E-state index contributed by atoms with van der Waals surface area (Å²) < 4.78 is 0. The summed E-state index contributed by atoms with van der Waals surface area (Å²) in [6, 6.07) is 12.9. The minimum Gasteiger partial charge on any atom is -0.356 e. The Labute approximate surface area is 185 Å². The highest BCUT2D eigenvalue weighted by atomic mass is 16.6. The van der Waals surface area contributed by atoms with Crippen molar-refractivity contribution in [2.24, 2.45) is 0 Å². The smallest absolute Gasteiger partial charge is 0.269 e. The zero-order valence-corrected chi connectivity index (χ0v) is 17.9. The number of carbonyl (C=O) groups is 2. The summed E-state index contributed by atoms with van der Waals surface area (Å²) in [5.41, 5.74) is 3.31. The third-order valence-electron chi connectivity index (χ3n) is 6.81. The predicted molar refractivity (Wildman–Crippen MR) is 119 cm³/mol. The molecule has 3 heterocycles. The van der Waals surface area contributed by atoms with Crippen LogP contribution in [-0.4, -0.2) is 50.1 Å². The number of benzene rings is 2. The monoisotopic (exact) mass is 432 g/mol. The summed E-state index contributed by atoms with van der Waals surface area (Å²) in [6.45, 7) is 3.98. The first-order valence-electron chi connectivity index (χ1n) is 10.9. The first-order valence-corrected chi connectivity index (χ1v) is 10.9. The number of aromatic amines is 1. The summed E-state index contributed by atoms with van der Waals surface area (Å²) in [5, 5.41) is 12.4. The van der Waals surface area contributed by atoms with Crippen LogP contribution in [0, 0.1) is 10.1 Å². The minimum absolute atomic E-state index is 0.0192. The van der Waals surface area contributed by atoms with Gasteiger partial charge in [0.05, 0.1) is 11.0 Å². The van der Waals surface area contributed by atoms with E-state index in [-0.39, 0.29) is 30.1 Å². The zero-order valence-electron chi connectivity index (χ0n) is 17.9. The number of fused-ring (bicyclic) bond motifs is 4. The van der Waals surface area contributed by atoms with Crippen LogP contribution >= 0.6 is 0 Å². The van der Waals surface area contributed by atoms with Crippen molar-refractivity contribution in [2.45, 2.75) is 44.8 Å². The molecule has 0 bridgehead atoms. The second kappa shape index (κ2) is 7.47. The average Bonchev–Trinajstić information content (AvgIpc) is 3.18. The van der Waals surface area contributed by atoms with E-state index in [0.717, 1.165) is 28.6 Å². The molecule has 1 aromatic heterocycles. The van der Waals surface area contributed by atoms with E-state index in [1.165, 1.54) is 12.1 Å². The van der Waals surface area contributed by atoms with E-state index in [0.29, 0.717) is 12.0 Å². The highest BCUT2D eigenvalue weighted by Crippen LogP contribution is 2.43. The van der Waals surface area contributed by atoms with Crippen LogP contribution in [0.2, 0.25) is 0 Å². The minimum atomic E-state index is -0.638. The Bertz CT molecular complexity index is 1250. The Morgan fingerprint density at radius 1 is 1.19 bits per heavy atom. The van der Waals surface area contributed by atoms with E-state index in [1.807, 2.05) is 38.1 Å². The van der Waals surface area contributed by atoms with Gasteiger partial charge in [0.2, 0.25) is 11.8 Å². The van der Waals surface area contributed by atoms with Gasteiger partial charge in [-0.05, 0) is 30.5 Å². The lowest BCUT2D eigenvalue weighted by atomic mass is 9.85. The lowest BCUT2D eigenvalue weighted by Crippen LogP contribution is -2.64. The molecule has 5 rings (SSSR count). The second-order valence-corrected chi connectivity index (χ2v) is 8.56. The van der Waals surface area contributed by atoms with Gasteiger partial charge in [-0.25, -0.2) is 0 Å². The second-order valence-electron chi connectivity index (χ2n) is 8.56. The van der Waals surface area contributed by atoms with E-state index in [4.69, 9.17) is 0 Å². The highest BCUT2D eigenvalue weighted by Gasteiger charge is 2.49. The fourth-order valence-corrected chi connectivity index (χ4v) is 5.03. The van der Waals surface area contributed by atoms with E-state index in [1.54, 1.807) is 21.9 Å². The number of nitrogens with zero attached hydrogens (tertiary/aromatic N) is 3. The number of hydrogen-bond donors (Lipinski definition) is 1. The molecule has 1 saturated heterocycles. The molecule has 2 aromatic carbocycles. The number of piperazine rings is 1. The molecule has 0 unspecified atom stereocenters. The lowest BCUT2D eigenvalue weighted by molar-refractivity contribution is -0.384. The van der Waals surface area contributed by atoms with Crippen LogP contribution in [0.3, 0.4) is 0 Å². The van der Waals surface area contributed by atoms with Crippen molar-refractivity contribution in [3.05, 3.63) is 75.5 Å². The van der Waals surface area contributed by atoms with E-state index < -0.39 is 17.0 Å². The number of nitro benzene ring substituents is 1. The molecule has 1 fully saturated rings. The summed E-state index contributed by atoms with van der Waals surface area (Å²) >= 11 is 0. The van der Waals surface area contributed by atoms with Gasteiger partial charge in [-0.3, -0.25) is 19.7 Å². The molecular formula is C24H24N4O4. The summed E-state index contributed by atoms with van der Waals surface area (Å²) in [4.78, 5) is 44.7. The first-order chi connectivity index (χ1) is 15.4. The van der Waals surface area contributed by atoms with Crippen molar-refractivity contribution in [2.75, 3.05) is 6.54 Å². The van der Waals surface area contributed by atoms with Crippen molar-refractivity contribution >= 4 is 28.4 Å². The molecule has 2 amide bonds. The fraction of sp³-hybridized carbons (Fsp3) is 0.333. The molecule has 8 nitrogen and oxygen atoms in total. The number of amides is 2. The third kappa shape index (κ3) is 2.97. The highest BCUT2D eigenvalue weighted by molar-refractivity contribution is 5.97. The van der Waals surface area contributed by atoms with Gasteiger partial charge in [0, 0.05) is 41.2 Å². The number of aromatic nitrogens is 1. The number of carbonyl (C=O) groups excluding carboxylic acids is 2. The first kappa shape index (κ1) is 20.2. The Morgan fingerprint density at radius 3 is 2.72 bits per heavy atom. The molecule has 3 atom stereocenters. The lowest BCUT2D eigenvalue weighted by Gasteiger charge is -2.48. The van der Waals surface area contributed by atoms with Gasteiger partial charge in [0.25, 0.3) is 5.69 Å². The Balaban J connectivity index is 1.71. The largest absolute Gasteiger partial charge is 0.356 e. The number of hydrogen-bond acceptors (Lipinski definition) is 4. The molecule has 32 heavy (non-hydrogen) atoms. The average molecular weight is 432 g/mol. The molecule has 1 N–H and O–H groups in total. The van der Waals surface area contributed by atoms with Crippen LogP contribution in [0.15, 0.2) is 48.5 Å². The maximum atomic E-state index is 13.5. The topological polar surface area (TPSA) is 99.5 Å². The number of rotatable bonds is 4. The predicted octanol–water partition coefficient (Wildman–Crippen LogP) is 3.56. The fourth-order valence-electron chi connectivity index (χ4n) is 5.03. The van der Waals surface area contributed by atoms with Gasteiger partial charge >= 0.3 is 0 Å². The summed E-state index contributed by atoms with van der Waals surface area (Å²) in [5.74, 6) is -0.207. The van der Waals surface area contributed by atoms with E-state index >= 15 is 0 Å². The maximum absolute atomic E-state index is 13.5. The Morgan fingerprint density at radius 2 is 1.97 bits per heavy atom. The number of non-ortho nitro benzene ring substituents is 1. The van der Waals surface area contributed by atoms with Gasteiger partial charge in [-0.1, -0.05) is 37.3 Å². The standard InChI is InChI=1S/C24H24N4O4/c1-3-14(2)26-13-21(29)27-20(24(26)30)12-18-17-9-4-5-10-19(17)25-22(18)23(27)15-7-6-8-16(11-15)28(31)32/h4-11,14,20,23,25H,3,12-13H2,1-2H3/t14-,20-,23+/m0/s1. The molecule has 8 heteroatoms. The molecule has 164 valence electrons. The van der Waals surface area contributed by atoms with Crippen molar-refractivity contribution in [3.63, 3.8) is 0 Å². The van der Waals surface area contributed by atoms with Crippen LogP contribution < -0.4 is 0 Å². The van der Waals surface area contributed by atoms with Crippen LogP contribution in [0.4, 0.5) is 5.69 Å².